The Balaban J connectivity index is 1.70. The van der Waals surface area contributed by atoms with Gasteiger partial charge in [-0.2, -0.15) is 0 Å². The number of nitrogens with two attached hydrogens (primary N) is 1. The quantitative estimate of drug-likeness (QED) is 0.471. The molecule has 0 aliphatic heterocycles. The molecule has 3 N–H and O–H groups in total. The maximum Gasteiger partial charge on any atom is 0.199 e. The lowest BCUT2D eigenvalue weighted by atomic mass is 10.3. The molecule has 1 aromatic carbocycles. The van der Waals surface area contributed by atoms with Gasteiger partial charge in [0.2, 0.25) is 0 Å². The maximum atomic E-state index is 5.84. The highest BCUT2D eigenvalue weighted by Crippen LogP contribution is 2.32. The number of nitrogen functional groups attached to an aromatic ring is 1. The fourth-order valence-electron chi connectivity index (χ4n) is 2.88. The molecule has 4 aromatic rings. The van der Waals surface area contributed by atoms with E-state index in [2.05, 4.69) is 25.6 Å². The number of benzene rings is 1. The maximum absolute atomic E-state index is 5.84. The summed E-state index contributed by atoms with van der Waals surface area (Å²) < 4.78 is 6.74. The van der Waals surface area contributed by atoms with Gasteiger partial charge in [0.05, 0.1) is 16.7 Å². The summed E-state index contributed by atoms with van der Waals surface area (Å²) in [5, 5.41) is 11.5. The van der Waals surface area contributed by atoms with Crippen molar-refractivity contribution in [3.05, 3.63) is 36.5 Å². The third-order valence-corrected chi connectivity index (χ3v) is 5.05. The van der Waals surface area contributed by atoms with E-state index >= 15 is 0 Å². The summed E-state index contributed by atoms with van der Waals surface area (Å²) in [6.45, 7) is 4.58. The van der Waals surface area contributed by atoms with Crippen molar-refractivity contribution in [2.75, 3.05) is 11.1 Å². The molecule has 8 nitrogen and oxygen atoms in total. The Morgan fingerprint density at radius 3 is 2.89 bits per heavy atom. The Labute approximate surface area is 170 Å². The first-order valence-electron chi connectivity index (χ1n) is 8.55. The molecule has 0 aliphatic rings. The molecule has 0 aliphatic carbocycles. The van der Waals surface area contributed by atoms with Crippen LogP contribution in [0.5, 0.6) is 0 Å². The normalized spacial score (nSPS) is 11.1. The Morgan fingerprint density at radius 2 is 2.18 bits per heavy atom. The number of pyridine rings is 1. The SMILES string of the molecule is CCn1c(-c2nonc2N)nc2cnc(Sc3cccc(NC(C)=S)c3)cc21. The van der Waals surface area contributed by atoms with Crippen LogP contribution in [0, 0.1) is 0 Å². The molecule has 4 rings (SSSR count). The first-order chi connectivity index (χ1) is 13.5. The first-order valence-corrected chi connectivity index (χ1v) is 9.78. The summed E-state index contributed by atoms with van der Waals surface area (Å²) in [6.07, 6.45) is 1.75. The average Bonchev–Trinajstić information content (AvgIpc) is 3.23. The number of aromatic nitrogens is 5. The van der Waals surface area contributed by atoms with Gasteiger partial charge in [-0.15, -0.1) is 0 Å². The van der Waals surface area contributed by atoms with Gasteiger partial charge in [0.25, 0.3) is 0 Å². The minimum atomic E-state index is 0.214. The van der Waals surface area contributed by atoms with Crippen molar-refractivity contribution in [1.29, 1.82) is 0 Å². The topological polar surface area (TPSA) is 108 Å². The van der Waals surface area contributed by atoms with Gasteiger partial charge in [-0.25, -0.2) is 14.6 Å². The summed E-state index contributed by atoms with van der Waals surface area (Å²) in [5.74, 6) is 0.827. The van der Waals surface area contributed by atoms with Gasteiger partial charge in [-0.1, -0.05) is 30.0 Å². The second-order valence-corrected chi connectivity index (χ2v) is 7.71. The van der Waals surface area contributed by atoms with Crippen molar-refractivity contribution in [3.8, 4) is 11.5 Å². The van der Waals surface area contributed by atoms with Crippen molar-refractivity contribution in [1.82, 2.24) is 24.8 Å². The number of hydrogen-bond acceptors (Lipinski definition) is 8. The highest BCUT2D eigenvalue weighted by Gasteiger charge is 2.19. The molecule has 0 saturated heterocycles. The molecule has 0 radical (unpaired) electrons. The van der Waals surface area contributed by atoms with Crippen LogP contribution in [-0.4, -0.2) is 29.8 Å². The molecule has 0 amide bonds. The van der Waals surface area contributed by atoms with Crippen LogP contribution >= 0.6 is 24.0 Å². The van der Waals surface area contributed by atoms with Crippen LogP contribution in [0.4, 0.5) is 11.5 Å². The monoisotopic (exact) mass is 411 g/mol. The van der Waals surface area contributed by atoms with E-state index in [0.29, 0.717) is 18.1 Å². The number of thiocarbonyl (C=S) groups is 1. The largest absolute Gasteiger partial charge is 0.379 e. The van der Waals surface area contributed by atoms with E-state index < -0.39 is 0 Å². The van der Waals surface area contributed by atoms with Crippen molar-refractivity contribution >= 4 is 51.5 Å². The predicted molar refractivity (Wildman–Crippen MR) is 113 cm³/mol. The van der Waals surface area contributed by atoms with Crippen LogP contribution in [0.3, 0.4) is 0 Å². The fraction of sp³-hybridized carbons (Fsp3) is 0.167. The summed E-state index contributed by atoms with van der Waals surface area (Å²) in [5.41, 5.74) is 8.93. The zero-order valence-electron chi connectivity index (χ0n) is 15.2. The van der Waals surface area contributed by atoms with E-state index in [0.717, 1.165) is 31.6 Å². The lowest BCUT2D eigenvalue weighted by molar-refractivity contribution is 0.310. The van der Waals surface area contributed by atoms with Gasteiger partial charge in [-0.05, 0) is 48.4 Å². The fourth-order valence-corrected chi connectivity index (χ4v) is 3.85. The van der Waals surface area contributed by atoms with Gasteiger partial charge < -0.3 is 15.6 Å². The molecule has 0 spiro atoms. The molecule has 0 atom stereocenters. The van der Waals surface area contributed by atoms with Gasteiger partial charge in [0, 0.05) is 17.1 Å². The highest BCUT2D eigenvalue weighted by atomic mass is 32.2. The summed E-state index contributed by atoms with van der Waals surface area (Å²) in [7, 11) is 0. The molecule has 0 saturated carbocycles. The Bertz CT molecular complexity index is 1170. The van der Waals surface area contributed by atoms with Crippen LogP contribution in [0.2, 0.25) is 0 Å². The van der Waals surface area contributed by atoms with Gasteiger partial charge >= 0.3 is 0 Å². The first kappa shape index (κ1) is 18.4. The lowest BCUT2D eigenvalue weighted by Gasteiger charge is -2.07. The number of imidazole rings is 1. The van der Waals surface area contributed by atoms with E-state index in [9.17, 15) is 0 Å². The molecular weight excluding hydrogens is 394 g/mol. The molecule has 0 fully saturated rings. The van der Waals surface area contributed by atoms with Crippen LogP contribution in [0.25, 0.3) is 22.6 Å². The van der Waals surface area contributed by atoms with E-state index in [1.807, 2.05) is 48.7 Å². The minimum absolute atomic E-state index is 0.214. The lowest BCUT2D eigenvalue weighted by Crippen LogP contribution is -2.02. The van der Waals surface area contributed by atoms with Crippen molar-refractivity contribution in [3.63, 3.8) is 0 Å². The Morgan fingerprint density at radius 1 is 1.32 bits per heavy atom. The molecule has 3 heterocycles. The summed E-state index contributed by atoms with van der Waals surface area (Å²) >= 11 is 6.68. The molecule has 3 aromatic heterocycles. The smallest absolute Gasteiger partial charge is 0.199 e. The van der Waals surface area contributed by atoms with Crippen molar-refractivity contribution < 1.29 is 4.63 Å². The zero-order valence-corrected chi connectivity index (χ0v) is 16.8. The van der Waals surface area contributed by atoms with E-state index in [1.165, 1.54) is 0 Å². The minimum Gasteiger partial charge on any atom is -0.379 e. The molecule has 10 heteroatoms. The average molecular weight is 412 g/mol. The summed E-state index contributed by atoms with van der Waals surface area (Å²) in [4.78, 5) is 10.9. The van der Waals surface area contributed by atoms with Gasteiger partial charge in [-0.3, -0.25) is 0 Å². The van der Waals surface area contributed by atoms with Crippen LogP contribution < -0.4 is 11.1 Å². The number of aryl methyl sites for hydroxylation is 1. The predicted octanol–water partition coefficient (Wildman–Crippen LogP) is 3.99. The third kappa shape index (κ3) is 3.56. The Hall–Kier alpha value is -2.98. The Kier molecular flexibility index (Phi) is 4.97. The molecule has 0 bridgehead atoms. The van der Waals surface area contributed by atoms with E-state index in [1.54, 1.807) is 18.0 Å². The molecular formula is C18H17N7OS2. The highest BCUT2D eigenvalue weighted by molar-refractivity contribution is 7.99. The number of fused-ring (bicyclic) bond motifs is 1. The number of nitrogens with one attached hydrogen (secondary N) is 1. The van der Waals surface area contributed by atoms with Crippen LogP contribution in [-0.2, 0) is 6.54 Å². The van der Waals surface area contributed by atoms with Crippen molar-refractivity contribution in [2.45, 2.75) is 30.3 Å². The van der Waals surface area contributed by atoms with Crippen LogP contribution in [0.15, 0.2) is 51.1 Å². The summed E-state index contributed by atoms with van der Waals surface area (Å²) in [6, 6.07) is 10.0. The number of anilines is 2. The van der Waals surface area contributed by atoms with Crippen LogP contribution in [0.1, 0.15) is 13.8 Å². The molecule has 142 valence electrons. The standard InChI is InChI=1S/C18H17N7OS2/c1-3-25-14-8-15(28-12-6-4-5-11(7-12)21-10(2)27)20-9-13(14)22-18(25)16-17(19)24-26-23-16/h4-9H,3H2,1-2H3,(H2,19,24)(H,21,27). The zero-order chi connectivity index (χ0) is 19.7. The number of rotatable bonds is 5. The number of hydrogen-bond donors (Lipinski definition) is 2. The second kappa shape index (κ2) is 7.56. The third-order valence-electron chi connectivity index (χ3n) is 4.03. The number of nitrogens with zero attached hydrogens (tertiary/aromatic N) is 5. The second-order valence-electron chi connectivity index (χ2n) is 6.00. The van der Waals surface area contributed by atoms with Gasteiger partial charge in [0.15, 0.2) is 17.3 Å². The van der Waals surface area contributed by atoms with E-state index in [-0.39, 0.29) is 5.82 Å². The van der Waals surface area contributed by atoms with E-state index in [4.69, 9.17) is 22.6 Å². The van der Waals surface area contributed by atoms with Crippen molar-refractivity contribution in [2.24, 2.45) is 0 Å². The molecule has 28 heavy (non-hydrogen) atoms. The molecule has 0 unspecified atom stereocenters. The van der Waals surface area contributed by atoms with Gasteiger partial charge in [0.1, 0.15) is 10.5 Å².